The molecule has 0 saturated heterocycles. The molecule has 0 rings (SSSR count). The molecule has 0 aromatic carbocycles. The SMILES string of the molecule is CCC(N)O.[H-].[H-].[Na+].[Na+]. The summed E-state index contributed by atoms with van der Waals surface area (Å²) < 4.78 is 0. The molecule has 1 atom stereocenters. The van der Waals surface area contributed by atoms with E-state index in [4.69, 9.17) is 10.8 Å². The number of nitrogens with two attached hydrogens (primary N) is 1. The van der Waals surface area contributed by atoms with Crippen LogP contribution >= 0.6 is 0 Å². The molecule has 0 aromatic heterocycles. The molecule has 4 heteroatoms. The summed E-state index contributed by atoms with van der Waals surface area (Å²) in [6, 6.07) is 0. The predicted molar refractivity (Wildman–Crippen MR) is 22.7 cm³/mol. The van der Waals surface area contributed by atoms with Crippen molar-refractivity contribution >= 4 is 0 Å². The molecule has 7 heavy (non-hydrogen) atoms. The van der Waals surface area contributed by atoms with E-state index in [0.29, 0.717) is 6.42 Å². The zero-order valence-electron chi connectivity index (χ0n) is 7.31. The zero-order valence-corrected chi connectivity index (χ0v) is 9.31. The second kappa shape index (κ2) is 10.8. The van der Waals surface area contributed by atoms with E-state index in [-0.39, 0.29) is 62.0 Å². The van der Waals surface area contributed by atoms with E-state index in [9.17, 15) is 0 Å². The van der Waals surface area contributed by atoms with Crippen LogP contribution in [0.3, 0.4) is 0 Å². The summed E-state index contributed by atoms with van der Waals surface area (Å²) >= 11 is 0. The monoisotopic (exact) mass is 123 g/mol. The second-order valence-corrected chi connectivity index (χ2v) is 0.976. The van der Waals surface area contributed by atoms with Crippen LogP contribution in [0.5, 0.6) is 0 Å². The van der Waals surface area contributed by atoms with Crippen molar-refractivity contribution in [2.75, 3.05) is 0 Å². The van der Waals surface area contributed by atoms with Gasteiger partial charge in [0.15, 0.2) is 0 Å². The summed E-state index contributed by atoms with van der Waals surface area (Å²) in [5, 5.41) is 8.14. The molecule has 0 aromatic rings. The Morgan fingerprint density at radius 1 is 1.71 bits per heavy atom. The topological polar surface area (TPSA) is 46.2 Å². The third-order valence-corrected chi connectivity index (χ3v) is 0.418. The van der Waals surface area contributed by atoms with E-state index in [0.717, 1.165) is 0 Å². The van der Waals surface area contributed by atoms with E-state index in [1.165, 1.54) is 0 Å². The van der Waals surface area contributed by atoms with Crippen molar-refractivity contribution < 1.29 is 67.1 Å². The van der Waals surface area contributed by atoms with Crippen LogP contribution in [0.4, 0.5) is 0 Å². The quantitative estimate of drug-likeness (QED) is 0.269. The van der Waals surface area contributed by atoms with Gasteiger partial charge in [-0.3, -0.25) is 0 Å². The Morgan fingerprint density at radius 3 is 1.86 bits per heavy atom. The number of aliphatic hydroxyl groups is 1. The number of hydrogen-bond acceptors (Lipinski definition) is 2. The van der Waals surface area contributed by atoms with Gasteiger partial charge < -0.3 is 13.7 Å². The van der Waals surface area contributed by atoms with E-state index >= 15 is 0 Å². The molecule has 3 N–H and O–H groups in total. The summed E-state index contributed by atoms with van der Waals surface area (Å²) in [7, 11) is 0. The number of aliphatic hydroxyl groups excluding tert-OH is 1. The number of hydrogen-bond donors (Lipinski definition) is 2. The minimum Gasteiger partial charge on any atom is -1.00 e. The molecule has 36 valence electrons. The summed E-state index contributed by atoms with van der Waals surface area (Å²) in [6.45, 7) is 1.82. The summed E-state index contributed by atoms with van der Waals surface area (Å²) in [6.07, 6.45) is 0.0231. The van der Waals surface area contributed by atoms with Gasteiger partial charge in [0.2, 0.25) is 0 Å². The Hall–Kier alpha value is 1.92. The van der Waals surface area contributed by atoms with Crippen molar-refractivity contribution in [1.29, 1.82) is 0 Å². The first-order valence-corrected chi connectivity index (χ1v) is 1.71. The zero-order chi connectivity index (χ0) is 4.28. The Morgan fingerprint density at radius 2 is 1.86 bits per heavy atom. The fraction of sp³-hybridized carbons (Fsp3) is 1.00. The third-order valence-electron chi connectivity index (χ3n) is 0.418. The molecule has 0 aliphatic rings. The van der Waals surface area contributed by atoms with E-state index < -0.39 is 6.23 Å². The van der Waals surface area contributed by atoms with Gasteiger partial charge >= 0.3 is 59.1 Å². The molecule has 0 aliphatic heterocycles. The number of rotatable bonds is 1. The normalized spacial score (nSPS) is 10.7. The van der Waals surface area contributed by atoms with Gasteiger partial charge in [-0.1, -0.05) is 6.92 Å². The van der Waals surface area contributed by atoms with Crippen molar-refractivity contribution in [3.8, 4) is 0 Å². The van der Waals surface area contributed by atoms with E-state index in [1.807, 2.05) is 6.92 Å². The van der Waals surface area contributed by atoms with Gasteiger partial charge in [-0.25, -0.2) is 0 Å². The average molecular weight is 123 g/mol. The first-order valence-electron chi connectivity index (χ1n) is 1.71. The van der Waals surface area contributed by atoms with E-state index in [1.54, 1.807) is 0 Å². The molecule has 0 bridgehead atoms. The maximum absolute atomic E-state index is 8.14. The van der Waals surface area contributed by atoms with Crippen molar-refractivity contribution in [3.05, 3.63) is 0 Å². The molecule has 0 amide bonds. The Bertz CT molecular complexity index is 33.8. The Balaban J connectivity index is -0.0000000133. The second-order valence-electron chi connectivity index (χ2n) is 0.976. The molecule has 0 fully saturated rings. The van der Waals surface area contributed by atoms with Crippen LogP contribution in [0.25, 0.3) is 0 Å². The van der Waals surface area contributed by atoms with Crippen LogP contribution in [0.2, 0.25) is 0 Å². The predicted octanol–water partition coefficient (Wildman–Crippen LogP) is -6.09. The fourth-order valence-electron chi connectivity index (χ4n) is 0. The van der Waals surface area contributed by atoms with Crippen LogP contribution in [-0.4, -0.2) is 11.3 Å². The minimum atomic E-state index is -0.616. The Labute approximate surface area is 91.4 Å². The van der Waals surface area contributed by atoms with E-state index in [2.05, 4.69) is 0 Å². The maximum atomic E-state index is 8.14. The van der Waals surface area contributed by atoms with Crippen molar-refractivity contribution in [3.63, 3.8) is 0 Å². The van der Waals surface area contributed by atoms with Gasteiger partial charge in [-0.15, -0.1) is 0 Å². The molecule has 1 unspecified atom stereocenters. The summed E-state index contributed by atoms with van der Waals surface area (Å²) in [5.41, 5.74) is 4.85. The van der Waals surface area contributed by atoms with Gasteiger partial charge in [-0.05, 0) is 6.42 Å². The van der Waals surface area contributed by atoms with Crippen molar-refractivity contribution in [2.24, 2.45) is 5.73 Å². The van der Waals surface area contributed by atoms with Gasteiger partial charge in [0, 0.05) is 0 Å². The average Bonchev–Trinajstić information content (AvgIpc) is 1.38. The van der Waals surface area contributed by atoms with Crippen LogP contribution in [-0.2, 0) is 0 Å². The van der Waals surface area contributed by atoms with Crippen LogP contribution in [0, 0.1) is 0 Å². The molecule has 2 nitrogen and oxygen atoms in total. The van der Waals surface area contributed by atoms with Crippen molar-refractivity contribution in [2.45, 2.75) is 19.6 Å². The smallest absolute Gasteiger partial charge is 1.00 e. The van der Waals surface area contributed by atoms with Gasteiger partial charge in [0.05, 0.1) is 0 Å². The Kier molecular flexibility index (Phi) is 24.7. The van der Waals surface area contributed by atoms with Gasteiger partial charge in [-0.2, -0.15) is 0 Å². The van der Waals surface area contributed by atoms with Crippen LogP contribution < -0.4 is 64.8 Å². The summed E-state index contributed by atoms with van der Waals surface area (Å²) in [5.74, 6) is 0. The van der Waals surface area contributed by atoms with Gasteiger partial charge in [0.25, 0.3) is 0 Å². The van der Waals surface area contributed by atoms with Crippen molar-refractivity contribution in [1.82, 2.24) is 0 Å². The van der Waals surface area contributed by atoms with Crippen LogP contribution in [0.15, 0.2) is 0 Å². The molecule has 0 saturated carbocycles. The molecule has 0 radical (unpaired) electrons. The fourth-order valence-corrected chi connectivity index (χ4v) is 0. The standard InChI is InChI=1S/C3H9NO.2Na.2H/c1-2-3(4)5;;;;/h3,5H,2,4H2,1H3;;;;/q;2*+1;2*-1. The molecule has 0 heterocycles. The third kappa shape index (κ3) is 18.1. The maximum Gasteiger partial charge on any atom is 1.00 e. The molecule has 0 aliphatic carbocycles. The molecular weight excluding hydrogens is 112 g/mol. The summed E-state index contributed by atoms with van der Waals surface area (Å²) in [4.78, 5) is 0. The van der Waals surface area contributed by atoms with Gasteiger partial charge in [0.1, 0.15) is 6.23 Å². The first-order chi connectivity index (χ1) is 2.27. The van der Waals surface area contributed by atoms with Crippen LogP contribution in [0.1, 0.15) is 16.2 Å². The largest absolute Gasteiger partial charge is 1.00 e. The molecular formula is C3H11NNa2O. The molecule has 0 spiro atoms. The minimum absolute atomic E-state index is 0. The first kappa shape index (κ1) is 16.0.